The molecule has 2 rings (SSSR count). The second kappa shape index (κ2) is 4.74. The van der Waals surface area contributed by atoms with Gasteiger partial charge in [-0.3, -0.25) is 4.79 Å². The van der Waals surface area contributed by atoms with Crippen LogP contribution >= 0.6 is 11.6 Å². The van der Waals surface area contributed by atoms with E-state index in [4.69, 9.17) is 17.3 Å². The fourth-order valence-corrected chi connectivity index (χ4v) is 1.78. The van der Waals surface area contributed by atoms with Crippen LogP contribution in [0.15, 0.2) is 36.4 Å². The van der Waals surface area contributed by atoms with Crippen LogP contribution in [0.3, 0.4) is 0 Å². The largest absolute Gasteiger partial charge is 0.398 e. The zero-order valence-electron chi connectivity index (χ0n) is 9.08. The summed E-state index contributed by atoms with van der Waals surface area (Å²) < 4.78 is 26.0. The van der Waals surface area contributed by atoms with Crippen molar-refractivity contribution >= 4 is 23.1 Å². The zero-order valence-corrected chi connectivity index (χ0v) is 9.84. The molecular weight excluding hydrogens is 260 g/mol. The number of halogens is 3. The minimum atomic E-state index is -1.13. The second-order valence-electron chi connectivity index (χ2n) is 3.66. The normalized spacial score (nSPS) is 10.4. The SMILES string of the molecule is Nc1ccccc1C(=O)c1cc(F)c(F)cc1Cl. The molecule has 92 valence electrons. The van der Waals surface area contributed by atoms with Crippen molar-refractivity contribution in [3.05, 3.63) is 64.2 Å². The van der Waals surface area contributed by atoms with Crippen LogP contribution in [0.25, 0.3) is 0 Å². The lowest BCUT2D eigenvalue weighted by atomic mass is 10.0. The smallest absolute Gasteiger partial charge is 0.196 e. The third-order valence-corrected chi connectivity index (χ3v) is 2.77. The van der Waals surface area contributed by atoms with Crippen LogP contribution in [0.4, 0.5) is 14.5 Å². The summed E-state index contributed by atoms with van der Waals surface area (Å²) in [5.74, 6) is -2.77. The maximum atomic E-state index is 13.1. The Hall–Kier alpha value is -1.94. The minimum Gasteiger partial charge on any atom is -0.398 e. The molecule has 2 aromatic rings. The van der Waals surface area contributed by atoms with Gasteiger partial charge in [-0.2, -0.15) is 0 Å². The summed E-state index contributed by atoms with van der Waals surface area (Å²) in [6, 6.07) is 7.86. The number of hydrogen-bond acceptors (Lipinski definition) is 2. The van der Waals surface area contributed by atoms with Crippen molar-refractivity contribution in [1.29, 1.82) is 0 Å². The topological polar surface area (TPSA) is 43.1 Å². The van der Waals surface area contributed by atoms with Gasteiger partial charge in [0, 0.05) is 16.8 Å². The standard InChI is InChI=1S/C13H8ClF2NO/c14-9-6-11(16)10(15)5-8(9)13(18)7-3-1-2-4-12(7)17/h1-6H,17H2. The molecule has 0 bridgehead atoms. The van der Waals surface area contributed by atoms with Crippen molar-refractivity contribution in [3.8, 4) is 0 Å². The van der Waals surface area contributed by atoms with E-state index in [-0.39, 0.29) is 21.8 Å². The number of nitrogens with two attached hydrogens (primary N) is 1. The molecule has 0 aliphatic heterocycles. The molecule has 0 fully saturated rings. The first-order chi connectivity index (χ1) is 8.50. The number of rotatable bonds is 2. The van der Waals surface area contributed by atoms with E-state index in [2.05, 4.69) is 0 Å². The van der Waals surface area contributed by atoms with Crippen molar-refractivity contribution in [2.24, 2.45) is 0 Å². The summed E-state index contributed by atoms with van der Waals surface area (Å²) >= 11 is 5.73. The van der Waals surface area contributed by atoms with Gasteiger partial charge >= 0.3 is 0 Å². The highest BCUT2D eigenvalue weighted by molar-refractivity contribution is 6.35. The van der Waals surface area contributed by atoms with Gasteiger partial charge in [0.1, 0.15) is 0 Å². The van der Waals surface area contributed by atoms with Crippen LogP contribution in [0.2, 0.25) is 5.02 Å². The van der Waals surface area contributed by atoms with Crippen molar-refractivity contribution in [2.75, 3.05) is 5.73 Å². The molecule has 0 aromatic heterocycles. The van der Waals surface area contributed by atoms with E-state index in [1.54, 1.807) is 18.2 Å². The van der Waals surface area contributed by atoms with Gasteiger partial charge in [0.05, 0.1) is 5.02 Å². The molecule has 0 saturated carbocycles. The number of benzene rings is 2. The lowest BCUT2D eigenvalue weighted by molar-refractivity contribution is 0.103. The van der Waals surface area contributed by atoms with E-state index < -0.39 is 17.4 Å². The molecular formula is C13H8ClF2NO. The fraction of sp³-hybridized carbons (Fsp3) is 0. The summed E-state index contributed by atoms with van der Waals surface area (Å²) in [5, 5.41) is -0.151. The van der Waals surface area contributed by atoms with Gasteiger partial charge in [0.15, 0.2) is 17.4 Å². The maximum absolute atomic E-state index is 13.1. The Balaban J connectivity index is 2.53. The summed E-state index contributed by atoms with van der Waals surface area (Å²) in [6.07, 6.45) is 0. The molecule has 0 atom stereocenters. The van der Waals surface area contributed by atoms with Crippen molar-refractivity contribution in [3.63, 3.8) is 0 Å². The Morgan fingerprint density at radius 2 is 1.67 bits per heavy atom. The highest BCUT2D eigenvalue weighted by atomic mass is 35.5. The van der Waals surface area contributed by atoms with Crippen LogP contribution in [0.5, 0.6) is 0 Å². The van der Waals surface area contributed by atoms with E-state index >= 15 is 0 Å². The quantitative estimate of drug-likeness (QED) is 0.515. The van der Waals surface area contributed by atoms with Crippen molar-refractivity contribution in [1.82, 2.24) is 0 Å². The Labute approximate surface area is 107 Å². The summed E-state index contributed by atoms with van der Waals surface area (Å²) in [4.78, 5) is 12.1. The molecule has 18 heavy (non-hydrogen) atoms. The van der Waals surface area contributed by atoms with Gasteiger partial charge in [-0.1, -0.05) is 23.7 Å². The van der Waals surface area contributed by atoms with Gasteiger partial charge in [0.25, 0.3) is 0 Å². The molecule has 0 aliphatic rings. The summed E-state index contributed by atoms with van der Waals surface area (Å²) in [6.45, 7) is 0. The molecule has 0 radical (unpaired) electrons. The predicted molar refractivity (Wildman–Crippen MR) is 65.7 cm³/mol. The molecule has 0 amide bonds. The molecule has 0 saturated heterocycles. The second-order valence-corrected chi connectivity index (χ2v) is 4.07. The molecule has 0 spiro atoms. The molecule has 2 nitrogen and oxygen atoms in total. The highest BCUT2D eigenvalue weighted by Crippen LogP contribution is 2.24. The predicted octanol–water partition coefficient (Wildman–Crippen LogP) is 3.43. The van der Waals surface area contributed by atoms with E-state index in [1.807, 2.05) is 0 Å². The number of carbonyl (C=O) groups excluding carboxylic acids is 1. The first-order valence-electron chi connectivity index (χ1n) is 5.04. The lowest BCUT2D eigenvalue weighted by Crippen LogP contribution is -2.07. The van der Waals surface area contributed by atoms with Crippen molar-refractivity contribution < 1.29 is 13.6 Å². The monoisotopic (exact) mass is 267 g/mol. The average molecular weight is 268 g/mol. The van der Waals surface area contributed by atoms with Gasteiger partial charge < -0.3 is 5.73 Å². The number of hydrogen-bond donors (Lipinski definition) is 1. The average Bonchev–Trinajstić information content (AvgIpc) is 2.33. The number of para-hydroxylation sites is 1. The Bertz CT molecular complexity index is 628. The number of anilines is 1. The van der Waals surface area contributed by atoms with Crippen LogP contribution in [0.1, 0.15) is 15.9 Å². The molecule has 5 heteroatoms. The fourth-order valence-electron chi connectivity index (χ4n) is 1.55. The van der Waals surface area contributed by atoms with Crippen LogP contribution in [-0.2, 0) is 0 Å². The Morgan fingerprint density at radius 1 is 1.06 bits per heavy atom. The van der Waals surface area contributed by atoms with E-state index in [1.165, 1.54) is 6.07 Å². The van der Waals surface area contributed by atoms with Gasteiger partial charge in [-0.25, -0.2) is 8.78 Å². The third-order valence-electron chi connectivity index (χ3n) is 2.46. The first kappa shape index (κ1) is 12.5. The van der Waals surface area contributed by atoms with Crippen LogP contribution < -0.4 is 5.73 Å². The van der Waals surface area contributed by atoms with E-state index in [9.17, 15) is 13.6 Å². The Kier molecular flexibility index (Phi) is 3.30. The van der Waals surface area contributed by atoms with Gasteiger partial charge in [-0.05, 0) is 24.3 Å². The van der Waals surface area contributed by atoms with Crippen LogP contribution in [-0.4, -0.2) is 5.78 Å². The molecule has 0 heterocycles. The molecule has 2 aromatic carbocycles. The maximum Gasteiger partial charge on any atom is 0.196 e. The minimum absolute atomic E-state index is 0.117. The lowest BCUT2D eigenvalue weighted by Gasteiger charge is -2.06. The number of ketones is 1. The summed E-state index contributed by atoms with van der Waals surface area (Å²) in [7, 11) is 0. The third kappa shape index (κ3) is 2.19. The number of carbonyl (C=O) groups is 1. The highest BCUT2D eigenvalue weighted by Gasteiger charge is 2.18. The van der Waals surface area contributed by atoms with E-state index in [0.717, 1.165) is 12.1 Å². The first-order valence-corrected chi connectivity index (χ1v) is 5.42. The van der Waals surface area contributed by atoms with Gasteiger partial charge in [0.2, 0.25) is 0 Å². The molecule has 0 aliphatic carbocycles. The number of nitrogen functional groups attached to an aromatic ring is 1. The van der Waals surface area contributed by atoms with Gasteiger partial charge in [-0.15, -0.1) is 0 Å². The van der Waals surface area contributed by atoms with E-state index in [0.29, 0.717) is 0 Å². The Morgan fingerprint density at radius 3 is 2.33 bits per heavy atom. The summed E-state index contributed by atoms with van der Waals surface area (Å²) in [5.41, 5.74) is 5.98. The molecule has 2 N–H and O–H groups in total. The molecule has 0 unspecified atom stereocenters. The van der Waals surface area contributed by atoms with Crippen molar-refractivity contribution in [2.45, 2.75) is 0 Å². The zero-order chi connectivity index (χ0) is 13.3. The van der Waals surface area contributed by atoms with Crippen LogP contribution in [0, 0.1) is 11.6 Å².